The van der Waals surface area contributed by atoms with Gasteiger partial charge in [-0.1, -0.05) is 18.2 Å². The Kier molecular flexibility index (Phi) is 8.82. The van der Waals surface area contributed by atoms with Crippen LogP contribution in [0.15, 0.2) is 54.0 Å². The van der Waals surface area contributed by atoms with Crippen LogP contribution < -0.4 is 20.7 Å². The lowest BCUT2D eigenvalue weighted by atomic mass is 10.1. The van der Waals surface area contributed by atoms with E-state index in [0.717, 1.165) is 35.5 Å². The van der Waals surface area contributed by atoms with Crippen LogP contribution in [0, 0.1) is 0 Å². The van der Waals surface area contributed by atoms with E-state index in [-0.39, 0.29) is 30.3 Å². The molecule has 2 aromatic carbocycles. The minimum Gasteiger partial charge on any atom is -0.493 e. The van der Waals surface area contributed by atoms with Crippen LogP contribution in [0.2, 0.25) is 0 Å². The molecule has 4 rings (SSSR count). The van der Waals surface area contributed by atoms with Crippen molar-refractivity contribution in [3.8, 4) is 16.3 Å². The van der Waals surface area contributed by atoms with Crippen molar-refractivity contribution in [2.75, 3.05) is 18.5 Å². The number of carbonyl (C=O) groups is 2. The van der Waals surface area contributed by atoms with E-state index >= 15 is 0 Å². The third-order valence-electron chi connectivity index (χ3n) is 5.23. The SMILES string of the molecule is CCOc1ccc(NC(=O)C2CCCN2)cc1C(=O)NCc1cccc(-c2nccs2)c1.Cl. The van der Waals surface area contributed by atoms with Crippen molar-refractivity contribution >= 4 is 41.2 Å². The lowest BCUT2D eigenvalue weighted by Crippen LogP contribution is -2.35. The standard InChI is InChI=1S/C24H26N4O3S.ClH/c1-2-31-21-9-8-18(28-23(30)20-7-4-10-25-20)14-19(21)22(29)27-15-16-5-3-6-17(13-16)24-26-11-12-32-24;/h3,5-6,8-9,11-14,20,25H,2,4,7,10,15H2,1H3,(H,27,29)(H,28,30);1H. The first-order valence-electron chi connectivity index (χ1n) is 10.7. The average molecular weight is 487 g/mol. The second-order valence-corrected chi connectivity index (χ2v) is 8.40. The molecule has 1 aliphatic heterocycles. The molecule has 2 amide bonds. The molecule has 1 unspecified atom stereocenters. The fourth-order valence-electron chi connectivity index (χ4n) is 3.66. The molecule has 1 saturated heterocycles. The van der Waals surface area contributed by atoms with Crippen molar-refractivity contribution in [3.05, 3.63) is 65.2 Å². The third kappa shape index (κ3) is 6.31. The molecule has 3 N–H and O–H groups in total. The molecule has 1 fully saturated rings. The van der Waals surface area contributed by atoms with Crippen molar-refractivity contribution in [1.29, 1.82) is 0 Å². The second-order valence-electron chi connectivity index (χ2n) is 7.50. The highest BCUT2D eigenvalue weighted by molar-refractivity contribution is 7.13. The molecule has 3 aromatic rings. The molecule has 1 atom stereocenters. The van der Waals surface area contributed by atoms with Crippen molar-refractivity contribution in [2.45, 2.75) is 32.4 Å². The third-order valence-corrected chi connectivity index (χ3v) is 6.05. The number of carbonyl (C=O) groups excluding carboxylic acids is 2. The number of halogens is 1. The first kappa shape index (κ1) is 24.7. The fraction of sp³-hybridized carbons (Fsp3) is 0.292. The molecule has 0 bridgehead atoms. The minimum absolute atomic E-state index is 0. The van der Waals surface area contributed by atoms with Gasteiger partial charge in [0.1, 0.15) is 10.8 Å². The molecular formula is C24H27ClN4O3S. The van der Waals surface area contributed by atoms with E-state index in [0.29, 0.717) is 30.2 Å². The topological polar surface area (TPSA) is 92.4 Å². The van der Waals surface area contributed by atoms with E-state index in [1.807, 2.05) is 36.6 Å². The summed E-state index contributed by atoms with van der Waals surface area (Å²) in [6.45, 7) is 3.52. The molecule has 0 aliphatic carbocycles. The Hall–Kier alpha value is -2.94. The first-order valence-corrected chi connectivity index (χ1v) is 11.6. The predicted molar refractivity (Wildman–Crippen MR) is 133 cm³/mol. The number of anilines is 1. The Bertz CT molecular complexity index is 1090. The maximum Gasteiger partial charge on any atom is 0.255 e. The van der Waals surface area contributed by atoms with Crippen molar-refractivity contribution in [1.82, 2.24) is 15.6 Å². The Labute approximate surface area is 203 Å². The van der Waals surface area contributed by atoms with E-state index in [2.05, 4.69) is 20.9 Å². The average Bonchev–Trinajstić information content (AvgIpc) is 3.53. The van der Waals surface area contributed by atoms with Gasteiger partial charge in [-0.25, -0.2) is 4.98 Å². The second kappa shape index (κ2) is 11.8. The van der Waals surface area contributed by atoms with Crippen molar-refractivity contribution in [2.24, 2.45) is 0 Å². The van der Waals surface area contributed by atoms with E-state index in [4.69, 9.17) is 4.74 Å². The van der Waals surface area contributed by atoms with E-state index in [9.17, 15) is 9.59 Å². The van der Waals surface area contributed by atoms with Gasteiger partial charge in [0.2, 0.25) is 5.91 Å². The Morgan fingerprint density at radius 3 is 2.85 bits per heavy atom. The summed E-state index contributed by atoms with van der Waals surface area (Å²) >= 11 is 1.57. The molecule has 2 heterocycles. The maximum absolute atomic E-state index is 13.0. The number of rotatable bonds is 8. The zero-order valence-corrected chi connectivity index (χ0v) is 19.9. The summed E-state index contributed by atoms with van der Waals surface area (Å²) < 4.78 is 5.65. The van der Waals surface area contributed by atoms with Crippen LogP contribution in [-0.2, 0) is 11.3 Å². The van der Waals surface area contributed by atoms with Gasteiger partial charge in [-0.2, -0.15) is 0 Å². The summed E-state index contributed by atoms with van der Waals surface area (Å²) in [4.78, 5) is 29.8. The van der Waals surface area contributed by atoms with Gasteiger partial charge in [-0.3, -0.25) is 9.59 Å². The number of aromatic nitrogens is 1. The molecule has 0 radical (unpaired) electrons. The van der Waals surface area contributed by atoms with Crippen LogP contribution in [0.5, 0.6) is 5.75 Å². The first-order chi connectivity index (χ1) is 15.6. The number of amides is 2. The summed E-state index contributed by atoms with van der Waals surface area (Å²) in [5.41, 5.74) is 2.95. The quantitative estimate of drug-likeness (QED) is 0.442. The molecule has 33 heavy (non-hydrogen) atoms. The number of hydrogen-bond donors (Lipinski definition) is 3. The number of hydrogen-bond acceptors (Lipinski definition) is 6. The fourth-order valence-corrected chi connectivity index (χ4v) is 4.30. The van der Waals surface area contributed by atoms with Gasteiger partial charge in [-0.15, -0.1) is 23.7 Å². The van der Waals surface area contributed by atoms with Gasteiger partial charge in [0.25, 0.3) is 5.91 Å². The highest BCUT2D eigenvalue weighted by atomic mass is 35.5. The van der Waals surface area contributed by atoms with Crippen LogP contribution in [0.1, 0.15) is 35.7 Å². The number of nitrogens with zero attached hydrogens (tertiary/aromatic N) is 1. The van der Waals surface area contributed by atoms with Crippen LogP contribution in [0.4, 0.5) is 5.69 Å². The molecule has 0 spiro atoms. The summed E-state index contributed by atoms with van der Waals surface area (Å²) in [6, 6.07) is 12.9. The minimum atomic E-state index is -0.261. The number of ether oxygens (including phenoxy) is 1. The number of nitrogens with one attached hydrogen (secondary N) is 3. The van der Waals surface area contributed by atoms with E-state index in [1.165, 1.54) is 0 Å². The Balaban J connectivity index is 0.00000306. The van der Waals surface area contributed by atoms with Crippen LogP contribution in [0.25, 0.3) is 10.6 Å². The Morgan fingerprint density at radius 1 is 1.24 bits per heavy atom. The van der Waals surface area contributed by atoms with Gasteiger partial charge in [0.05, 0.1) is 18.2 Å². The maximum atomic E-state index is 13.0. The lowest BCUT2D eigenvalue weighted by molar-refractivity contribution is -0.117. The summed E-state index contributed by atoms with van der Waals surface area (Å²) in [5, 5.41) is 11.9. The van der Waals surface area contributed by atoms with Gasteiger partial charge < -0.3 is 20.7 Å². The molecule has 9 heteroatoms. The van der Waals surface area contributed by atoms with Crippen LogP contribution in [-0.4, -0.2) is 36.0 Å². The van der Waals surface area contributed by atoms with Gasteiger partial charge >= 0.3 is 0 Å². The van der Waals surface area contributed by atoms with Gasteiger partial charge in [-0.05, 0) is 56.1 Å². The number of thiazole rings is 1. The molecular weight excluding hydrogens is 460 g/mol. The molecule has 0 saturated carbocycles. The van der Waals surface area contributed by atoms with E-state index in [1.54, 1.807) is 35.7 Å². The Morgan fingerprint density at radius 2 is 2.12 bits per heavy atom. The predicted octanol–water partition coefficient (Wildman–Crippen LogP) is 4.25. The highest BCUT2D eigenvalue weighted by Gasteiger charge is 2.22. The summed E-state index contributed by atoms with van der Waals surface area (Å²) in [7, 11) is 0. The normalized spacial score (nSPS) is 14.9. The van der Waals surface area contributed by atoms with Crippen molar-refractivity contribution < 1.29 is 14.3 Å². The van der Waals surface area contributed by atoms with E-state index < -0.39 is 0 Å². The monoisotopic (exact) mass is 486 g/mol. The lowest BCUT2D eigenvalue weighted by Gasteiger charge is -2.15. The molecule has 174 valence electrons. The van der Waals surface area contributed by atoms with Gasteiger partial charge in [0, 0.05) is 29.4 Å². The molecule has 7 nitrogen and oxygen atoms in total. The summed E-state index contributed by atoms with van der Waals surface area (Å²) in [5.74, 6) is 0.138. The highest BCUT2D eigenvalue weighted by Crippen LogP contribution is 2.25. The van der Waals surface area contributed by atoms with Crippen molar-refractivity contribution in [3.63, 3.8) is 0 Å². The van der Waals surface area contributed by atoms with Crippen LogP contribution in [0.3, 0.4) is 0 Å². The molecule has 1 aliphatic rings. The molecule has 1 aromatic heterocycles. The zero-order chi connectivity index (χ0) is 22.3. The summed E-state index contributed by atoms with van der Waals surface area (Å²) in [6.07, 6.45) is 3.58. The zero-order valence-electron chi connectivity index (χ0n) is 18.3. The van der Waals surface area contributed by atoms with Gasteiger partial charge in [0.15, 0.2) is 0 Å². The largest absolute Gasteiger partial charge is 0.493 e. The van der Waals surface area contributed by atoms with Crippen LogP contribution >= 0.6 is 23.7 Å². The smallest absolute Gasteiger partial charge is 0.255 e. The number of benzene rings is 2.